The molecule has 0 N–H and O–H groups in total. The summed E-state index contributed by atoms with van der Waals surface area (Å²) in [7, 11) is -2.96. The van der Waals surface area contributed by atoms with Gasteiger partial charge in [0.15, 0.2) is 0 Å². The average molecular weight is 229 g/mol. The Kier molecular flexibility index (Phi) is 4.52. The van der Waals surface area contributed by atoms with Gasteiger partial charge in [0, 0.05) is 0 Å². The molecule has 2 nitrogen and oxygen atoms in total. The molecule has 0 aromatic rings. The standard InChI is InChI=1S/C6H13BrO2S/c1-3-4-5-6(2)10(7,8)9/h6H,3-5H2,1-2H3. The Morgan fingerprint density at radius 1 is 1.50 bits per heavy atom. The van der Waals surface area contributed by atoms with Crippen molar-refractivity contribution in [3.63, 3.8) is 0 Å². The van der Waals surface area contributed by atoms with Gasteiger partial charge in [0.1, 0.15) is 0 Å². The lowest BCUT2D eigenvalue weighted by Gasteiger charge is -2.04. The molecule has 0 aliphatic rings. The average Bonchev–Trinajstić information content (AvgIpc) is 1.80. The number of hydrogen-bond donors (Lipinski definition) is 0. The lowest BCUT2D eigenvalue weighted by molar-refractivity contribution is 0.587. The maximum Gasteiger partial charge on any atom is 0.211 e. The normalized spacial score (nSPS) is 15.1. The van der Waals surface area contributed by atoms with Crippen molar-refractivity contribution in [2.75, 3.05) is 0 Å². The van der Waals surface area contributed by atoms with E-state index < -0.39 is 8.27 Å². The van der Waals surface area contributed by atoms with Crippen LogP contribution in [0.15, 0.2) is 0 Å². The van der Waals surface area contributed by atoms with E-state index in [-0.39, 0.29) is 5.25 Å². The minimum absolute atomic E-state index is 0.243. The summed E-state index contributed by atoms with van der Waals surface area (Å²) in [6.45, 7) is 3.77. The van der Waals surface area contributed by atoms with Gasteiger partial charge in [-0.15, -0.1) is 0 Å². The maximum absolute atomic E-state index is 10.8. The molecule has 0 aromatic heterocycles. The minimum atomic E-state index is -2.96. The van der Waals surface area contributed by atoms with E-state index in [1.807, 2.05) is 6.92 Å². The molecular weight excluding hydrogens is 216 g/mol. The molecule has 0 radical (unpaired) electrons. The Labute approximate surface area is 70.1 Å². The third kappa shape index (κ3) is 4.28. The summed E-state index contributed by atoms with van der Waals surface area (Å²) in [5.74, 6) is 0. The highest BCUT2D eigenvalue weighted by atomic mass is 79.9. The first-order valence-electron chi connectivity index (χ1n) is 3.42. The fraction of sp³-hybridized carbons (Fsp3) is 1.00. The van der Waals surface area contributed by atoms with Crippen LogP contribution in [-0.2, 0) is 8.27 Å². The Balaban J connectivity index is 3.75. The van der Waals surface area contributed by atoms with Crippen molar-refractivity contribution in [1.82, 2.24) is 0 Å². The number of hydrogen-bond acceptors (Lipinski definition) is 2. The van der Waals surface area contributed by atoms with Crippen LogP contribution in [0, 0.1) is 0 Å². The zero-order chi connectivity index (χ0) is 8.20. The van der Waals surface area contributed by atoms with E-state index in [0.717, 1.165) is 19.3 Å². The van der Waals surface area contributed by atoms with E-state index in [9.17, 15) is 8.42 Å². The van der Waals surface area contributed by atoms with Crippen molar-refractivity contribution in [2.45, 2.75) is 38.4 Å². The van der Waals surface area contributed by atoms with E-state index >= 15 is 0 Å². The van der Waals surface area contributed by atoms with E-state index in [4.69, 9.17) is 0 Å². The van der Waals surface area contributed by atoms with Crippen LogP contribution in [0.2, 0.25) is 0 Å². The zero-order valence-corrected chi connectivity index (χ0v) is 8.70. The molecule has 1 atom stereocenters. The predicted molar refractivity (Wildman–Crippen MR) is 46.8 cm³/mol. The second kappa shape index (κ2) is 4.34. The van der Waals surface area contributed by atoms with Crippen LogP contribution < -0.4 is 0 Å². The summed E-state index contributed by atoms with van der Waals surface area (Å²) < 4.78 is 21.5. The van der Waals surface area contributed by atoms with E-state index in [1.165, 1.54) is 0 Å². The molecule has 0 saturated carbocycles. The SMILES string of the molecule is CCCCC(C)S(=O)(=O)Br. The van der Waals surface area contributed by atoms with Crippen LogP contribution in [0.5, 0.6) is 0 Å². The molecule has 4 heteroatoms. The van der Waals surface area contributed by atoms with Crippen molar-refractivity contribution < 1.29 is 8.42 Å². The summed E-state index contributed by atoms with van der Waals surface area (Å²) in [6.07, 6.45) is 2.78. The van der Waals surface area contributed by atoms with Gasteiger partial charge in [-0.1, -0.05) is 19.8 Å². The Bertz CT molecular complexity index is 174. The molecule has 0 aliphatic carbocycles. The molecule has 0 rings (SSSR count). The van der Waals surface area contributed by atoms with Crippen molar-refractivity contribution >= 4 is 23.1 Å². The predicted octanol–water partition coefficient (Wildman–Crippen LogP) is 2.29. The van der Waals surface area contributed by atoms with Gasteiger partial charge >= 0.3 is 0 Å². The van der Waals surface area contributed by atoms with Gasteiger partial charge in [0.25, 0.3) is 0 Å². The van der Waals surface area contributed by atoms with Crippen molar-refractivity contribution in [3.05, 3.63) is 0 Å². The van der Waals surface area contributed by atoms with Crippen LogP contribution in [-0.4, -0.2) is 13.7 Å². The smallest absolute Gasteiger partial charge is 0.211 e. The molecule has 0 heterocycles. The van der Waals surface area contributed by atoms with Gasteiger partial charge < -0.3 is 0 Å². The summed E-state index contributed by atoms with van der Waals surface area (Å²) in [4.78, 5) is 0. The number of rotatable bonds is 4. The number of halogens is 1. The summed E-state index contributed by atoms with van der Waals surface area (Å²) in [6, 6.07) is 0. The first kappa shape index (κ1) is 10.4. The molecule has 0 saturated heterocycles. The summed E-state index contributed by atoms with van der Waals surface area (Å²) in [5.41, 5.74) is 0. The first-order chi connectivity index (χ1) is 4.48. The van der Waals surface area contributed by atoms with Gasteiger partial charge in [0.05, 0.1) is 20.1 Å². The van der Waals surface area contributed by atoms with Gasteiger partial charge in [0.2, 0.25) is 8.27 Å². The van der Waals surface area contributed by atoms with Crippen LogP contribution in [0.4, 0.5) is 0 Å². The molecular formula is C6H13BrO2S. The van der Waals surface area contributed by atoms with Crippen LogP contribution in [0.25, 0.3) is 0 Å². The zero-order valence-electron chi connectivity index (χ0n) is 6.30. The monoisotopic (exact) mass is 228 g/mol. The van der Waals surface area contributed by atoms with Gasteiger partial charge in [-0.3, -0.25) is 0 Å². The van der Waals surface area contributed by atoms with Crippen molar-refractivity contribution in [2.24, 2.45) is 0 Å². The molecule has 62 valence electrons. The third-order valence-corrected chi connectivity index (χ3v) is 4.56. The maximum atomic E-state index is 10.8. The number of unbranched alkanes of at least 4 members (excludes halogenated alkanes) is 1. The second-order valence-corrected chi connectivity index (χ2v) is 6.89. The molecule has 0 aliphatic heterocycles. The second-order valence-electron chi connectivity index (χ2n) is 2.43. The summed E-state index contributed by atoms with van der Waals surface area (Å²) >= 11 is 2.65. The Hall–Kier alpha value is 0.430. The highest BCUT2D eigenvalue weighted by Gasteiger charge is 2.15. The van der Waals surface area contributed by atoms with Crippen molar-refractivity contribution in [1.29, 1.82) is 0 Å². The van der Waals surface area contributed by atoms with Crippen LogP contribution >= 0.6 is 14.8 Å². The topological polar surface area (TPSA) is 34.1 Å². The van der Waals surface area contributed by atoms with Crippen LogP contribution in [0.1, 0.15) is 33.1 Å². The molecule has 1 unspecified atom stereocenters. The van der Waals surface area contributed by atoms with Gasteiger partial charge in [-0.05, 0) is 13.3 Å². The minimum Gasteiger partial charge on any atom is -0.217 e. The highest BCUT2D eigenvalue weighted by Crippen LogP contribution is 2.14. The molecule has 0 bridgehead atoms. The third-order valence-electron chi connectivity index (χ3n) is 1.44. The van der Waals surface area contributed by atoms with Gasteiger partial charge in [-0.25, -0.2) is 8.42 Å². The highest BCUT2D eigenvalue weighted by molar-refractivity contribution is 9.47. The lowest BCUT2D eigenvalue weighted by atomic mass is 10.2. The quantitative estimate of drug-likeness (QED) is 0.693. The fourth-order valence-electron chi connectivity index (χ4n) is 0.632. The first-order valence-corrected chi connectivity index (χ1v) is 6.81. The lowest BCUT2D eigenvalue weighted by Crippen LogP contribution is -2.10. The van der Waals surface area contributed by atoms with Crippen molar-refractivity contribution in [3.8, 4) is 0 Å². The molecule has 0 aromatic carbocycles. The van der Waals surface area contributed by atoms with E-state index in [1.54, 1.807) is 6.92 Å². The molecule has 0 spiro atoms. The van der Waals surface area contributed by atoms with Crippen LogP contribution in [0.3, 0.4) is 0 Å². The largest absolute Gasteiger partial charge is 0.217 e. The summed E-state index contributed by atoms with van der Waals surface area (Å²) in [5, 5.41) is -0.243. The van der Waals surface area contributed by atoms with Gasteiger partial charge in [-0.2, -0.15) is 0 Å². The fourth-order valence-corrected chi connectivity index (χ4v) is 1.64. The van der Waals surface area contributed by atoms with E-state index in [2.05, 4.69) is 14.8 Å². The molecule has 10 heavy (non-hydrogen) atoms. The molecule has 0 amide bonds. The Morgan fingerprint density at radius 3 is 2.30 bits per heavy atom. The molecule has 0 fully saturated rings. The van der Waals surface area contributed by atoms with E-state index in [0.29, 0.717) is 0 Å². The Morgan fingerprint density at radius 2 is 2.00 bits per heavy atom.